The number of amides is 1. The van der Waals surface area contributed by atoms with Crippen LogP contribution in [0.1, 0.15) is 38.8 Å². The van der Waals surface area contributed by atoms with E-state index in [1.807, 2.05) is 25.8 Å². The average molecular weight is 291 g/mol. The van der Waals surface area contributed by atoms with Gasteiger partial charge in [-0.05, 0) is 44.0 Å². The highest BCUT2D eigenvalue weighted by Gasteiger charge is 2.09. The number of hydrogen-bond donors (Lipinski definition) is 2. The molecule has 0 radical (unpaired) electrons. The topological polar surface area (TPSA) is 44.4 Å². The molecule has 0 aromatic heterocycles. The zero-order valence-corrected chi connectivity index (χ0v) is 14.2. The highest BCUT2D eigenvalue weighted by molar-refractivity contribution is 5.81. The van der Waals surface area contributed by atoms with E-state index in [1.54, 1.807) is 0 Å². The first-order valence-electron chi connectivity index (χ1n) is 7.63. The minimum absolute atomic E-state index is 0.0516. The second-order valence-corrected chi connectivity index (χ2v) is 6.22. The molecule has 0 spiro atoms. The fraction of sp³-hybridized carbons (Fsp3) is 0.588. The van der Waals surface area contributed by atoms with Crippen LogP contribution < -0.4 is 15.5 Å². The number of anilines is 1. The van der Waals surface area contributed by atoms with E-state index in [1.165, 1.54) is 11.1 Å². The number of rotatable bonds is 7. The fourth-order valence-electron chi connectivity index (χ4n) is 2.10. The maximum atomic E-state index is 11.8. The third kappa shape index (κ3) is 6.17. The fourth-order valence-corrected chi connectivity index (χ4v) is 2.10. The van der Waals surface area contributed by atoms with Crippen LogP contribution in [0.4, 0.5) is 5.69 Å². The monoisotopic (exact) mass is 291 g/mol. The van der Waals surface area contributed by atoms with E-state index in [2.05, 4.69) is 49.6 Å². The second kappa shape index (κ2) is 8.03. The molecule has 4 nitrogen and oxygen atoms in total. The van der Waals surface area contributed by atoms with Crippen LogP contribution in [0.25, 0.3) is 0 Å². The standard InChI is InChI=1S/C17H29N3O/c1-12(2)18-10-15-7-8-16(9-14(15)5)20(6)11-17(21)19-13(3)4/h7-9,12-13,18H,10-11H2,1-6H3,(H,19,21). The Labute approximate surface area is 128 Å². The van der Waals surface area contributed by atoms with E-state index in [0.717, 1.165) is 12.2 Å². The number of nitrogens with one attached hydrogen (secondary N) is 2. The van der Waals surface area contributed by atoms with Gasteiger partial charge in [0, 0.05) is 31.4 Å². The van der Waals surface area contributed by atoms with Gasteiger partial charge in [-0.3, -0.25) is 4.79 Å². The van der Waals surface area contributed by atoms with Crippen LogP contribution in [-0.4, -0.2) is 31.6 Å². The van der Waals surface area contributed by atoms with Crippen LogP contribution in [0.2, 0.25) is 0 Å². The van der Waals surface area contributed by atoms with Crippen LogP contribution in [-0.2, 0) is 11.3 Å². The molecule has 1 amide bonds. The highest BCUT2D eigenvalue weighted by Crippen LogP contribution is 2.18. The molecule has 21 heavy (non-hydrogen) atoms. The Morgan fingerprint density at radius 1 is 1.19 bits per heavy atom. The van der Waals surface area contributed by atoms with Crippen molar-refractivity contribution in [2.45, 2.75) is 53.2 Å². The molecule has 4 heteroatoms. The molecule has 0 unspecified atom stereocenters. The Balaban J connectivity index is 2.67. The highest BCUT2D eigenvalue weighted by atomic mass is 16.2. The molecule has 1 aromatic rings. The molecule has 0 aliphatic carbocycles. The van der Waals surface area contributed by atoms with Gasteiger partial charge in [-0.15, -0.1) is 0 Å². The van der Waals surface area contributed by atoms with E-state index in [0.29, 0.717) is 12.6 Å². The number of carbonyl (C=O) groups excluding carboxylic acids is 1. The van der Waals surface area contributed by atoms with Crippen molar-refractivity contribution in [3.63, 3.8) is 0 Å². The van der Waals surface area contributed by atoms with Crippen molar-refractivity contribution in [3.8, 4) is 0 Å². The third-order valence-corrected chi connectivity index (χ3v) is 3.30. The predicted molar refractivity (Wildman–Crippen MR) is 89.7 cm³/mol. The van der Waals surface area contributed by atoms with Gasteiger partial charge in [0.25, 0.3) is 0 Å². The van der Waals surface area contributed by atoms with Gasteiger partial charge < -0.3 is 15.5 Å². The summed E-state index contributed by atoms with van der Waals surface area (Å²) in [5.41, 5.74) is 3.61. The lowest BCUT2D eigenvalue weighted by atomic mass is 10.1. The van der Waals surface area contributed by atoms with Crippen molar-refractivity contribution in [1.29, 1.82) is 0 Å². The minimum Gasteiger partial charge on any atom is -0.365 e. The van der Waals surface area contributed by atoms with E-state index in [-0.39, 0.29) is 11.9 Å². The van der Waals surface area contributed by atoms with Gasteiger partial charge in [-0.1, -0.05) is 19.9 Å². The summed E-state index contributed by atoms with van der Waals surface area (Å²) in [4.78, 5) is 13.8. The number of aryl methyl sites for hydroxylation is 1. The Morgan fingerprint density at radius 3 is 2.38 bits per heavy atom. The van der Waals surface area contributed by atoms with Crippen molar-refractivity contribution in [3.05, 3.63) is 29.3 Å². The summed E-state index contributed by atoms with van der Waals surface area (Å²) in [6.07, 6.45) is 0. The first-order valence-corrected chi connectivity index (χ1v) is 7.63. The molecule has 1 aromatic carbocycles. The molecule has 0 aliphatic heterocycles. The molecular weight excluding hydrogens is 262 g/mol. The van der Waals surface area contributed by atoms with Crippen LogP contribution in [0.5, 0.6) is 0 Å². The van der Waals surface area contributed by atoms with E-state index < -0.39 is 0 Å². The normalized spacial score (nSPS) is 11.0. The van der Waals surface area contributed by atoms with Crippen LogP contribution in [0, 0.1) is 6.92 Å². The van der Waals surface area contributed by atoms with Crippen molar-refractivity contribution < 1.29 is 4.79 Å². The predicted octanol–water partition coefficient (Wildman–Crippen LogP) is 2.45. The summed E-state index contributed by atoms with van der Waals surface area (Å²) >= 11 is 0. The largest absolute Gasteiger partial charge is 0.365 e. The zero-order valence-electron chi connectivity index (χ0n) is 14.2. The Bertz CT molecular complexity index is 469. The molecule has 1 rings (SSSR count). The van der Waals surface area contributed by atoms with E-state index in [4.69, 9.17) is 0 Å². The summed E-state index contributed by atoms with van der Waals surface area (Å²) < 4.78 is 0. The third-order valence-electron chi connectivity index (χ3n) is 3.30. The van der Waals surface area contributed by atoms with Gasteiger partial charge in [0.05, 0.1) is 6.54 Å². The van der Waals surface area contributed by atoms with Gasteiger partial charge in [0.2, 0.25) is 5.91 Å². The summed E-state index contributed by atoms with van der Waals surface area (Å²) in [6, 6.07) is 7.01. The second-order valence-electron chi connectivity index (χ2n) is 6.22. The van der Waals surface area contributed by atoms with Gasteiger partial charge in [-0.25, -0.2) is 0 Å². The minimum atomic E-state index is 0.0516. The zero-order chi connectivity index (χ0) is 16.0. The molecule has 0 saturated carbocycles. The Kier molecular flexibility index (Phi) is 6.69. The first kappa shape index (κ1) is 17.5. The number of benzene rings is 1. The Hall–Kier alpha value is -1.55. The smallest absolute Gasteiger partial charge is 0.239 e. The van der Waals surface area contributed by atoms with Gasteiger partial charge >= 0.3 is 0 Å². The van der Waals surface area contributed by atoms with Gasteiger partial charge in [-0.2, -0.15) is 0 Å². The molecule has 0 saturated heterocycles. The molecule has 0 bridgehead atoms. The number of carbonyl (C=O) groups is 1. The maximum absolute atomic E-state index is 11.8. The lowest BCUT2D eigenvalue weighted by molar-refractivity contribution is -0.120. The van der Waals surface area contributed by atoms with Crippen LogP contribution >= 0.6 is 0 Å². The maximum Gasteiger partial charge on any atom is 0.239 e. The van der Waals surface area contributed by atoms with Gasteiger partial charge in [0.15, 0.2) is 0 Å². The molecule has 0 fully saturated rings. The molecule has 118 valence electrons. The molecule has 2 N–H and O–H groups in total. The summed E-state index contributed by atoms with van der Waals surface area (Å²) in [6.45, 7) is 11.6. The molecule has 0 heterocycles. The number of likely N-dealkylation sites (N-methyl/N-ethyl adjacent to an activating group) is 1. The number of nitrogens with zero attached hydrogens (tertiary/aromatic N) is 1. The van der Waals surface area contributed by atoms with E-state index in [9.17, 15) is 4.79 Å². The SMILES string of the molecule is Cc1cc(N(C)CC(=O)NC(C)C)ccc1CNC(C)C. The molecule has 0 aliphatic rings. The average Bonchev–Trinajstić information content (AvgIpc) is 2.35. The van der Waals surface area contributed by atoms with Gasteiger partial charge in [0.1, 0.15) is 0 Å². The molecule has 0 atom stereocenters. The number of hydrogen-bond acceptors (Lipinski definition) is 3. The van der Waals surface area contributed by atoms with Crippen molar-refractivity contribution in [1.82, 2.24) is 10.6 Å². The Morgan fingerprint density at radius 2 is 1.86 bits per heavy atom. The van der Waals surface area contributed by atoms with Crippen molar-refractivity contribution >= 4 is 11.6 Å². The lowest BCUT2D eigenvalue weighted by Gasteiger charge is -2.21. The molecular formula is C17H29N3O. The lowest BCUT2D eigenvalue weighted by Crippen LogP contribution is -2.38. The van der Waals surface area contributed by atoms with Crippen molar-refractivity contribution in [2.24, 2.45) is 0 Å². The summed E-state index contributed by atoms with van der Waals surface area (Å²) in [5.74, 6) is 0.0516. The quantitative estimate of drug-likeness (QED) is 0.811. The van der Waals surface area contributed by atoms with Crippen LogP contribution in [0.3, 0.4) is 0 Å². The summed E-state index contributed by atoms with van der Waals surface area (Å²) in [5, 5.41) is 6.34. The van der Waals surface area contributed by atoms with E-state index >= 15 is 0 Å². The van der Waals surface area contributed by atoms with Crippen molar-refractivity contribution in [2.75, 3.05) is 18.5 Å². The van der Waals surface area contributed by atoms with Crippen LogP contribution in [0.15, 0.2) is 18.2 Å². The summed E-state index contributed by atoms with van der Waals surface area (Å²) in [7, 11) is 1.95. The first-order chi connectivity index (χ1) is 9.79.